The largest absolute Gasteiger partial charge is 0.497 e. The summed E-state index contributed by atoms with van der Waals surface area (Å²) < 4.78 is 10.8. The number of methoxy groups -OCH3 is 2. The number of ether oxygens (including phenoxy) is 2. The Morgan fingerprint density at radius 3 is 2.19 bits per heavy atom. The summed E-state index contributed by atoms with van der Waals surface area (Å²) in [4.78, 5) is 18.6. The van der Waals surface area contributed by atoms with Crippen molar-refractivity contribution in [1.82, 2.24) is 4.90 Å². The number of hydrogen-bond donors (Lipinski definition) is 0. The molecular formula is C32H38N2O3. The molecular weight excluding hydrogens is 460 g/mol. The molecule has 1 heterocycles. The van der Waals surface area contributed by atoms with Crippen LogP contribution in [0.2, 0.25) is 0 Å². The molecule has 37 heavy (non-hydrogen) atoms. The first kappa shape index (κ1) is 25.3. The number of nitrogens with zero attached hydrogens (tertiary/aromatic N) is 2. The van der Waals surface area contributed by atoms with Crippen LogP contribution in [0.15, 0.2) is 78.9 Å². The number of anilines is 1. The van der Waals surface area contributed by atoms with Crippen molar-refractivity contribution in [3.05, 3.63) is 90.0 Å². The zero-order valence-corrected chi connectivity index (χ0v) is 22.0. The summed E-state index contributed by atoms with van der Waals surface area (Å²) in [5.41, 5.74) is 3.03. The molecule has 1 saturated carbocycles. The molecule has 0 radical (unpaired) electrons. The first-order chi connectivity index (χ1) is 18.2. The van der Waals surface area contributed by atoms with E-state index in [1.54, 1.807) is 14.2 Å². The summed E-state index contributed by atoms with van der Waals surface area (Å²) in [7, 11) is 3.30. The van der Waals surface area contributed by atoms with Gasteiger partial charge in [-0.1, -0.05) is 49.2 Å². The Kier molecular flexibility index (Phi) is 8.10. The Bertz CT molecular complexity index is 1160. The third-order valence-corrected chi connectivity index (χ3v) is 8.18. The number of amides is 1. The van der Waals surface area contributed by atoms with E-state index in [9.17, 15) is 4.79 Å². The van der Waals surface area contributed by atoms with Gasteiger partial charge < -0.3 is 14.4 Å². The highest BCUT2D eigenvalue weighted by molar-refractivity contribution is 6.06. The Hall–Kier alpha value is -3.31. The minimum absolute atomic E-state index is 0.0161. The van der Waals surface area contributed by atoms with Gasteiger partial charge >= 0.3 is 0 Å². The molecule has 0 N–H and O–H groups in total. The second-order valence-electron chi connectivity index (χ2n) is 10.2. The van der Waals surface area contributed by atoms with Crippen LogP contribution in [0.4, 0.5) is 5.69 Å². The van der Waals surface area contributed by atoms with Crippen LogP contribution in [-0.2, 0) is 0 Å². The van der Waals surface area contributed by atoms with Crippen LogP contribution < -0.4 is 14.4 Å². The second-order valence-corrected chi connectivity index (χ2v) is 10.2. The number of benzene rings is 3. The smallest absolute Gasteiger partial charge is 0.258 e. The molecule has 1 amide bonds. The number of carbonyl (C=O) groups is 1. The fourth-order valence-corrected chi connectivity index (χ4v) is 6.24. The average Bonchev–Trinajstić information content (AvgIpc) is 2.98. The van der Waals surface area contributed by atoms with Crippen molar-refractivity contribution >= 4 is 11.6 Å². The molecule has 1 saturated heterocycles. The summed E-state index contributed by atoms with van der Waals surface area (Å²) >= 11 is 0. The highest BCUT2D eigenvalue weighted by atomic mass is 16.5. The Labute approximate surface area is 221 Å². The van der Waals surface area contributed by atoms with Gasteiger partial charge in [0, 0.05) is 36.4 Å². The van der Waals surface area contributed by atoms with Gasteiger partial charge in [0.15, 0.2) is 0 Å². The first-order valence-corrected chi connectivity index (χ1v) is 13.6. The average molecular weight is 499 g/mol. The quantitative estimate of drug-likeness (QED) is 0.371. The third kappa shape index (κ3) is 5.67. The Morgan fingerprint density at radius 1 is 0.784 bits per heavy atom. The molecule has 2 fully saturated rings. The number of piperidine rings is 1. The van der Waals surface area contributed by atoms with Gasteiger partial charge in [0.1, 0.15) is 11.5 Å². The van der Waals surface area contributed by atoms with E-state index in [2.05, 4.69) is 35.2 Å². The van der Waals surface area contributed by atoms with Crippen molar-refractivity contribution in [2.45, 2.75) is 56.5 Å². The lowest BCUT2D eigenvalue weighted by Gasteiger charge is -2.45. The van der Waals surface area contributed by atoms with Gasteiger partial charge in [0.05, 0.1) is 14.2 Å². The van der Waals surface area contributed by atoms with Crippen molar-refractivity contribution in [3.63, 3.8) is 0 Å². The van der Waals surface area contributed by atoms with Gasteiger partial charge in [0.25, 0.3) is 5.91 Å². The van der Waals surface area contributed by atoms with Crippen molar-refractivity contribution in [2.24, 2.45) is 0 Å². The predicted octanol–water partition coefficient (Wildman–Crippen LogP) is 6.54. The molecule has 3 aromatic carbocycles. The van der Waals surface area contributed by atoms with Crippen LogP contribution in [0.25, 0.3) is 0 Å². The zero-order chi connectivity index (χ0) is 25.6. The SMILES string of the molecule is COc1ccc(N(C(=O)c2cccc(OC)c2)C2CCN(C3CCCCC3c3ccccc3)CC2)cc1. The lowest BCUT2D eigenvalue weighted by molar-refractivity contribution is 0.0895. The van der Waals surface area contributed by atoms with Gasteiger partial charge in [-0.25, -0.2) is 0 Å². The monoisotopic (exact) mass is 498 g/mol. The summed E-state index contributed by atoms with van der Waals surface area (Å²) in [5, 5.41) is 0. The predicted molar refractivity (Wildman–Crippen MR) is 149 cm³/mol. The normalized spacial score (nSPS) is 20.8. The molecule has 1 aliphatic carbocycles. The molecule has 0 spiro atoms. The molecule has 5 heteroatoms. The second kappa shape index (κ2) is 11.8. The Balaban J connectivity index is 1.36. The topological polar surface area (TPSA) is 42.0 Å². The van der Waals surface area contributed by atoms with Crippen molar-refractivity contribution < 1.29 is 14.3 Å². The van der Waals surface area contributed by atoms with Gasteiger partial charge in [0.2, 0.25) is 0 Å². The molecule has 0 bridgehead atoms. The standard InChI is InChI=1S/C32H38N2O3/c1-36-28-17-15-26(16-18-28)34(32(35)25-11-8-12-29(23-25)37-2)27-19-21-33(22-20-27)31-14-7-6-13-30(31)24-9-4-3-5-10-24/h3-5,8-12,15-18,23,27,30-31H,6-7,13-14,19-22H2,1-2H3. The van der Waals surface area contributed by atoms with Gasteiger partial charge in [-0.3, -0.25) is 9.69 Å². The number of carbonyl (C=O) groups excluding carboxylic acids is 1. The van der Waals surface area contributed by atoms with E-state index in [1.807, 2.05) is 53.4 Å². The van der Waals surface area contributed by atoms with Crippen molar-refractivity contribution in [1.29, 1.82) is 0 Å². The highest BCUT2D eigenvalue weighted by Crippen LogP contribution is 2.38. The number of hydrogen-bond acceptors (Lipinski definition) is 4. The minimum Gasteiger partial charge on any atom is -0.497 e. The maximum Gasteiger partial charge on any atom is 0.258 e. The van der Waals surface area contributed by atoms with E-state index < -0.39 is 0 Å². The summed E-state index contributed by atoms with van der Waals surface area (Å²) in [6, 6.07) is 27.1. The molecule has 2 aliphatic rings. The summed E-state index contributed by atoms with van der Waals surface area (Å²) in [6.45, 7) is 2.02. The Morgan fingerprint density at radius 2 is 1.49 bits per heavy atom. The van der Waals surface area contributed by atoms with Crippen molar-refractivity contribution in [3.8, 4) is 11.5 Å². The molecule has 2 atom stereocenters. The van der Waals surface area contributed by atoms with E-state index in [1.165, 1.54) is 31.2 Å². The van der Waals surface area contributed by atoms with Crippen LogP contribution in [-0.4, -0.2) is 50.2 Å². The van der Waals surface area contributed by atoms with E-state index in [0.717, 1.165) is 37.4 Å². The van der Waals surface area contributed by atoms with Gasteiger partial charge in [-0.05, 0) is 79.6 Å². The number of likely N-dealkylation sites (tertiary alicyclic amines) is 1. The fraction of sp³-hybridized carbons (Fsp3) is 0.406. The first-order valence-electron chi connectivity index (χ1n) is 13.6. The van der Waals surface area contributed by atoms with E-state index >= 15 is 0 Å². The molecule has 5 rings (SSSR count). The van der Waals surface area contributed by atoms with Crippen molar-refractivity contribution in [2.75, 3.05) is 32.2 Å². The zero-order valence-electron chi connectivity index (χ0n) is 22.0. The molecule has 3 aromatic rings. The maximum atomic E-state index is 13.9. The molecule has 194 valence electrons. The van der Waals surface area contributed by atoms with E-state index in [4.69, 9.17) is 9.47 Å². The van der Waals surface area contributed by atoms with Crippen LogP contribution >= 0.6 is 0 Å². The molecule has 0 aromatic heterocycles. The van der Waals surface area contributed by atoms with Gasteiger partial charge in [-0.15, -0.1) is 0 Å². The lowest BCUT2D eigenvalue weighted by atomic mass is 9.78. The van der Waals surface area contributed by atoms with Crippen LogP contribution in [0.5, 0.6) is 11.5 Å². The fourth-order valence-electron chi connectivity index (χ4n) is 6.24. The van der Waals surface area contributed by atoms with Crippen LogP contribution in [0.3, 0.4) is 0 Å². The summed E-state index contributed by atoms with van der Waals surface area (Å²) in [6.07, 6.45) is 7.06. The number of rotatable bonds is 7. The molecule has 2 unspecified atom stereocenters. The van der Waals surface area contributed by atoms with Crippen LogP contribution in [0, 0.1) is 0 Å². The van der Waals surface area contributed by atoms with E-state index in [0.29, 0.717) is 23.3 Å². The van der Waals surface area contributed by atoms with Gasteiger partial charge in [-0.2, -0.15) is 0 Å². The lowest BCUT2D eigenvalue weighted by Crippen LogP contribution is -2.51. The third-order valence-electron chi connectivity index (χ3n) is 8.18. The van der Waals surface area contributed by atoms with Crippen LogP contribution in [0.1, 0.15) is 60.4 Å². The molecule has 1 aliphatic heterocycles. The highest BCUT2D eigenvalue weighted by Gasteiger charge is 2.36. The molecule has 5 nitrogen and oxygen atoms in total. The maximum absolute atomic E-state index is 13.9. The van der Waals surface area contributed by atoms with E-state index in [-0.39, 0.29) is 11.9 Å². The summed E-state index contributed by atoms with van der Waals surface area (Å²) in [5.74, 6) is 2.10. The minimum atomic E-state index is 0.0161.